The first-order valence-electron chi connectivity index (χ1n) is 9.29. The molecule has 0 aliphatic carbocycles. The zero-order chi connectivity index (χ0) is 20.2. The van der Waals surface area contributed by atoms with E-state index in [0.717, 1.165) is 31.9 Å². The highest BCUT2D eigenvalue weighted by Gasteiger charge is 2.12. The van der Waals surface area contributed by atoms with Crippen molar-refractivity contribution in [1.82, 2.24) is 5.43 Å². The third-order valence-electron chi connectivity index (χ3n) is 4.74. The largest absolute Gasteiger partial charge is 0.272 e. The van der Waals surface area contributed by atoms with Crippen molar-refractivity contribution >= 4 is 38.8 Å². The number of aryl methyl sites for hydroxylation is 1. The summed E-state index contributed by atoms with van der Waals surface area (Å²) in [6.45, 7) is 2.03. The summed E-state index contributed by atoms with van der Waals surface area (Å²) in [6, 6.07) is 27.9. The van der Waals surface area contributed by atoms with Crippen LogP contribution >= 0.6 is 15.9 Å². The van der Waals surface area contributed by atoms with Gasteiger partial charge in [-0.1, -0.05) is 82.2 Å². The van der Waals surface area contributed by atoms with Gasteiger partial charge in [0, 0.05) is 10.0 Å². The van der Waals surface area contributed by atoms with E-state index < -0.39 is 0 Å². The highest BCUT2D eigenvalue weighted by molar-refractivity contribution is 9.10. The van der Waals surface area contributed by atoms with Gasteiger partial charge in [0.25, 0.3) is 5.91 Å². The maximum atomic E-state index is 12.9. The Hall–Kier alpha value is -3.24. The lowest BCUT2D eigenvalue weighted by Gasteiger charge is -2.10. The van der Waals surface area contributed by atoms with Crippen molar-refractivity contribution < 1.29 is 4.79 Å². The molecule has 0 saturated heterocycles. The number of hydrogen-bond acceptors (Lipinski definition) is 2. The Morgan fingerprint density at radius 2 is 1.62 bits per heavy atom. The molecule has 0 fully saturated rings. The fraction of sp³-hybridized carbons (Fsp3) is 0.0400. The van der Waals surface area contributed by atoms with E-state index in [1.54, 1.807) is 6.21 Å². The molecule has 0 spiro atoms. The Balaban J connectivity index is 1.67. The molecule has 1 N–H and O–H groups in total. The maximum absolute atomic E-state index is 12.9. The van der Waals surface area contributed by atoms with Gasteiger partial charge in [0.05, 0.1) is 6.21 Å². The van der Waals surface area contributed by atoms with Crippen LogP contribution in [0, 0.1) is 6.92 Å². The van der Waals surface area contributed by atoms with E-state index in [2.05, 4.69) is 32.5 Å². The second-order valence-corrected chi connectivity index (χ2v) is 7.78. The van der Waals surface area contributed by atoms with Crippen molar-refractivity contribution in [2.24, 2.45) is 5.10 Å². The van der Waals surface area contributed by atoms with Crippen LogP contribution in [0.2, 0.25) is 0 Å². The molecule has 0 bridgehead atoms. The van der Waals surface area contributed by atoms with Gasteiger partial charge in [0.1, 0.15) is 0 Å². The van der Waals surface area contributed by atoms with E-state index in [9.17, 15) is 4.79 Å². The molecule has 0 radical (unpaired) electrons. The molecular weight excluding hydrogens is 424 g/mol. The Bertz CT molecular complexity index is 1200. The lowest BCUT2D eigenvalue weighted by atomic mass is 9.96. The van der Waals surface area contributed by atoms with Crippen LogP contribution in [0.5, 0.6) is 0 Å². The van der Waals surface area contributed by atoms with E-state index in [1.165, 1.54) is 5.56 Å². The van der Waals surface area contributed by atoms with Crippen molar-refractivity contribution in [3.63, 3.8) is 0 Å². The van der Waals surface area contributed by atoms with Crippen molar-refractivity contribution in [2.75, 3.05) is 0 Å². The third-order valence-corrected chi connectivity index (χ3v) is 5.27. The van der Waals surface area contributed by atoms with Gasteiger partial charge in [0.15, 0.2) is 0 Å². The van der Waals surface area contributed by atoms with Crippen LogP contribution in [0.1, 0.15) is 21.5 Å². The van der Waals surface area contributed by atoms with E-state index in [-0.39, 0.29) is 5.91 Å². The van der Waals surface area contributed by atoms with Crippen LogP contribution in [-0.4, -0.2) is 12.1 Å². The van der Waals surface area contributed by atoms with Crippen LogP contribution in [-0.2, 0) is 0 Å². The van der Waals surface area contributed by atoms with Crippen molar-refractivity contribution in [1.29, 1.82) is 0 Å². The van der Waals surface area contributed by atoms with Crippen LogP contribution in [0.25, 0.3) is 21.9 Å². The van der Waals surface area contributed by atoms with Gasteiger partial charge in [-0.15, -0.1) is 0 Å². The van der Waals surface area contributed by atoms with Crippen molar-refractivity contribution in [3.05, 3.63) is 106 Å². The van der Waals surface area contributed by atoms with Gasteiger partial charge in [-0.05, 0) is 58.7 Å². The second-order valence-electron chi connectivity index (χ2n) is 6.86. The zero-order valence-corrected chi connectivity index (χ0v) is 17.5. The molecule has 0 unspecified atom stereocenters. The number of benzene rings is 4. The monoisotopic (exact) mass is 442 g/mol. The van der Waals surface area contributed by atoms with E-state index >= 15 is 0 Å². The standard InChI is InChI=1S/C25H19BrN2O/c1-17-6-8-18(9-7-17)16-27-28-25(29)24-15-21(19-10-12-22(26)13-11-19)14-20-4-2-3-5-23(20)24/h2-16H,1H3,(H,28,29)/b27-16-. The molecule has 4 rings (SSSR count). The topological polar surface area (TPSA) is 41.5 Å². The quantitative estimate of drug-likeness (QED) is 0.290. The molecule has 0 saturated carbocycles. The Labute approximate surface area is 178 Å². The number of amides is 1. The van der Waals surface area contributed by atoms with Gasteiger partial charge in [-0.25, -0.2) is 5.43 Å². The highest BCUT2D eigenvalue weighted by Crippen LogP contribution is 2.28. The minimum Gasteiger partial charge on any atom is -0.267 e. The number of fused-ring (bicyclic) bond motifs is 1. The Kier molecular flexibility index (Phi) is 5.54. The molecule has 3 nitrogen and oxygen atoms in total. The summed E-state index contributed by atoms with van der Waals surface area (Å²) in [6.07, 6.45) is 1.65. The van der Waals surface area contributed by atoms with Gasteiger partial charge in [0.2, 0.25) is 0 Å². The first kappa shape index (κ1) is 19.1. The second kappa shape index (κ2) is 8.41. The molecule has 142 valence electrons. The number of hydrogen-bond donors (Lipinski definition) is 1. The predicted molar refractivity (Wildman–Crippen MR) is 123 cm³/mol. The lowest BCUT2D eigenvalue weighted by molar-refractivity contribution is 0.0957. The number of rotatable bonds is 4. The van der Waals surface area contributed by atoms with E-state index in [0.29, 0.717) is 5.56 Å². The summed E-state index contributed by atoms with van der Waals surface area (Å²) in [5, 5.41) is 6.05. The summed E-state index contributed by atoms with van der Waals surface area (Å²) < 4.78 is 1.02. The number of hydrazone groups is 1. The molecule has 4 aromatic rings. The summed E-state index contributed by atoms with van der Waals surface area (Å²) in [4.78, 5) is 12.9. The summed E-state index contributed by atoms with van der Waals surface area (Å²) in [5.74, 6) is -0.233. The number of nitrogens with zero attached hydrogens (tertiary/aromatic N) is 1. The van der Waals surface area contributed by atoms with Gasteiger partial charge < -0.3 is 0 Å². The minimum absolute atomic E-state index is 0.233. The zero-order valence-electron chi connectivity index (χ0n) is 15.9. The highest BCUT2D eigenvalue weighted by atomic mass is 79.9. The fourth-order valence-electron chi connectivity index (χ4n) is 3.19. The smallest absolute Gasteiger partial charge is 0.267 e. The average Bonchev–Trinajstić information content (AvgIpc) is 2.75. The molecule has 0 aliphatic rings. The lowest BCUT2D eigenvalue weighted by Crippen LogP contribution is -2.18. The summed E-state index contributed by atoms with van der Waals surface area (Å²) in [5.41, 5.74) is 7.42. The average molecular weight is 443 g/mol. The molecule has 0 aliphatic heterocycles. The van der Waals surface area contributed by atoms with Gasteiger partial charge in [-0.3, -0.25) is 4.79 Å². The number of halogens is 1. The number of carbonyl (C=O) groups is 1. The summed E-state index contributed by atoms with van der Waals surface area (Å²) >= 11 is 3.47. The molecule has 0 heterocycles. The predicted octanol–water partition coefficient (Wildman–Crippen LogP) is 6.34. The molecule has 0 aromatic heterocycles. The minimum atomic E-state index is -0.233. The third kappa shape index (κ3) is 4.44. The molecule has 29 heavy (non-hydrogen) atoms. The first-order chi connectivity index (χ1) is 14.1. The normalized spacial score (nSPS) is 11.1. The first-order valence-corrected chi connectivity index (χ1v) is 10.1. The molecule has 4 heteroatoms. The fourth-order valence-corrected chi connectivity index (χ4v) is 3.45. The maximum Gasteiger partial charge on any atom is 0.272 e. The van der Waals surface area contributed by atoms with Crippen molar-refractivity contribution in [2.45, 2.75) is 6.92 Å². The van der Waals surface area contributed by atoms with Crippen LogP contribution in [0.4, 0.5) is 0 Å². The van der Waals surface area contributed by atoms with Crippen molar-refractivity contribution in [3.8, 4) is 11.1 Å². The van der Waals surface area contributed by atoms with Gasteiger partial charge in [-0.2, -0.15) is 5.10 Å². The van der Waals surface area contributed by atoms with E-state index in [1.807, 2.05) is 85.8 Å². The summed E-state index contributed by atoms with van der Waals surface area (Å²) in [7, 11) is 0. The van der Waals surface area contributed by atoms with Crippen LogP contribution in [0.3, 0.4) is 0 Å². The number of nitrogens with one attached hydrogen (secondary N) is 1. The SMILES string of the molecule is Cc1ccc(/C=N\NC(=O)c2cc(-c3ccc(Br)cc3)cc3ccccc23)cc1. The molecule has 4 aromatic carbocycles. The van der Waals surface area contributed by atoms with Gasteiger partial charge >= 0.3 is 0 Å². The molecule has 0 atom stereocenters. The molecular formula is C25H19BrN2O. The van der Waals surface area contributed by atoms with Crippen LogP contribution in [0.15, 0.2) is 94.5 Å². The van der Waals surface area contributed by atoms with Crippen LogP contribution < -0.4 is 5.43 Å². The van der Waals surface area contributed by atoms with E-state index in [4.69, 9.17) is 0 Å². The Morgan fingerprint density at radius 1 is 0.897 bits per heavy atom. The molecule has 1 amide bonds. The number of carbonyl (C=O) groups excluding carboxylic acids is 1. The Morgan fingerprint density at radius 3 is 2.38 bits per heavy atom.